The summed E-state index contributed by atoms with van der Waals surface area (Å²) >= 11 is 5.73. The van der Waals surface area contributed by atoms with E-state index in [9.17, 15) is 14.0 Å². The summed E-state index contributed by atoms with van der Waals surface area (Å²) in [6.07, 6.45) is 0.475. The van der Waals surface area contributed by atoms with Crippen LogP contribution >= 0.6 is 11.6 Å². The van der Waals surface area contributed by atoms with Crippen molar-refractivity contribution in [3.8, 4) is 0 Å². The average Bonchev–Trinajstić information content (AvgIpc) is 2.38. The van der Waals surface area contributed by atoms with Crippen LogP contribution in [0.25, 0.3) is 0 Å². The monoisotopic (exact) mass is 312 g/mol. The van der Waals surface area contributed by atoms with E-state index in [1.54, 1.807) is 19.9 Å². The van der Waals surface area contributed by atoms with Gasteiger partial charge in [0.1, 0.15) is 17.4 Å². The number of piperazine rings is 1. The van der Waals surface area contributed by atoms with Gasteiger partial charge in [0.15, 0.2) is 0 Å². The summed E-state index contributed by atoms with van der Waals surface area (Å²) < 4.78 is 13.9. The summed E-state index contributed by atoms with van der Waals surface area (Å²) in [5.41, 5.74) is -0.636. The first-order valence-electron chi connectivity index (χ1n) is 6.83. The second-order valence-corrected chi connectivity index (χ2v) is 6.14. The number of hydrogen-bond acceptors (Lipinski definition) is 2. The zero-order chi connectivity index (χ0) is 15.8. The van der Waals surface area contributed by atoms with E-state index in [0.717, 1.165) is 0 Å². The number of benzene rings is 1. The van der Waals surface area contributed by atoms with Gasteiger partial charge in [-0.1, -0.05) is 24.6 Å². The lowest BCUT2D eigenvalue weighted by Gasteiger charge is -2.42. The van der Waals surface area contributed by atoms with Crippen LogP contribution in [-0.2, 0) is 16.1 Å². The third kappa shape index (κ3) is 3.02. The van der Waals surface area contributed by atoms with E-state index >= 15 is 0 Å². The van der Waals surface area contributed by atoms with Crippen LogP contribution < -0.4 is 5.32 Å². The molecule has 1 fully saturated rings. The van der Waals surface area contributed by atoms with E-state index in [4.69, 9.17) is 11.6 Å². The lowest BCUT2D eigenvalue weighted by molar-refractivity contribution is -0.154. The Balaban J connectivity index is 2.33. The molecule has 1 aromatic carbocycles. The van der Waals surface area contributed by atoms with Crippen LogP contribution in [0.15, 0.2) is 18.2 Å². The van der Waals surface area contributed by atoms with Gasteiger partial charge in [0.05, 0.1) is 0 Å². The van der Waals surface area contributed by atoms with Gasteiger partial charge in [0.25, 0.3) is 0 Å². The van der Waals surface area contributed by atoms with Crippen LogP contribution in [0, 0.1) is 5.82 Å². The molecule has 4 nitrogen and oxygen atoms in total. The Hall–Kier alpha value is -1.62. The minimum atomic E-state index is -0.981. The third-order valence-corrected chi connectivity index (χ3v) is 3.89. The summed E-state index contributed by atoms with van der Waals surface area (Å²) in [6.45, 7) is 5.16. The summed E-state index contributed by atoms with van der Waals surface area (Å²) in [4.78, 5) is 26.0. The van der Waals surface area contributed by atoms with Crippen molar-refractivity contribution in [2.24, 2.45) is 0 Å². The van der Waals surface area contributed by atoms with Crippen LogP contribution in [0.3, 0.4) is 0 Å². The number of halogens is 2. The molecule has 2 amide bonds. The molecule has 1 aliphatic heterocycles. The third-order valence-electron chi connectivity index (χ3n) is 3.65. The first-order chi connectivity index (χ1) is 9.76. The second kappa shape index (κ2) is 5.64. The van der Waals surface area contributed by atoms with Crippen molar-refractivity contribution >= 4 is 23.4 Å². The number of nitrogens with one attached hydrogen (secondary N) is 1. The smallest absolute Gasteiger partial charge is 0.248 e. The topological polar surface area (TPSA) is 49.4 Å². The maximum absolute atomic E-state index is 13.9. The number of hydrogen-bond donors (Lipinski definition) is 1. The van der Waals surface area contributed by atoms with Crippen molar-refractivity contribution in [3.63, 3.8) is 0 Å². The molecule has 0 saturated carbocycles. The second-order valence-electron chi connectivity index (χ2n) is 5.71. The Kier molecular flexibility index (Phi) is 4.23. The van der Waals surface area contributed by atoms with Gasteiger partial charge < -0.3 is 10.2 Å². The maximum atomic E-state index is 13.9. The Bertz CT molecular complexity index is 589. The van der Waals surface area contributed by atoms with Crippen molar-refractivity contribution in [1.29, 1.82) is 0 Å². The Morgan fingerprint density at radius 1 is 1.38 bits per heavy atom. The molecule has 0 spiro atoms. The van der Waals surface area contributed by atoms with Crippen LogP contribution in [0.4, 0.5) is 4.39 Å². The predicted molar refractivity (Wildman–Crippen MR) is 78.3 cm³/mol. The highest BCUT2D eigenvalue weighted by Gasteiger charge is 2.44. The lowest BCUT2D eigenvalue weighted by atomic mass is 9.95. The van der Waals surface area contributed by atoms with E-state index in [1.165, 1.54) is 17.0 Å². The van der Waals surface area contributed by atoms with Crippen molar-refractivity contribution in [3.05, 3.63) is 34.6 Å². The largest absolute Gasteiger partial charge is 0.340 e. The number of nitrogens with zero attached hydrogens (tertiary/aromatic N) is 1. The fourth-order valence-electron chi connectivity index (χ4n) is 2.51. The fourth-order valence-corrected chi connectivity index (χ4v) is 2.67. The zero-order valence-corrected chi connectivity index (χ0v) is 13.0. The maximum Gasteiger partial charge on any atom is 0.248 e. The zero-order valence-electron chi connectivity index (χ0n) is 12.2. The van der Waals surface area contributed by atoms with Gasteiger partial charge in [-0.25, -0.2) is 4.39 Å². The first-order valence-corrected chi connectivity index (χ1v) is 7.21. The number of amides is 2. The molecule has 1 atom stereocenters. The molecule has 0 aromatic heterocycles. The first kappa shape index (κ1) is 15.8. The summed E-state index contributed by atoms with van der Waals surface area (Å²) in [6, 6.07) is 3.73. The predicted octanol–water partition coefficient (Wildman–Crippen LogP) is 2.49. The summed E-state index contributed by atoms with van der Waals surface area (Å²) in [7, 11) is 0. The minimum Gasteiger partial charge on any atom is -0.340 e. The summed E-state index contributed by atoms with van der Waals surface area (Å²) in [5.74, 6) is -0.909. The molecule has 1 aromatic rings. The van der Waals surface area contributed by atoms with E-state index in [-0.39, 0.29) is 18.4 Å². The quantitative estimate of drug-likeness (QED) is 0.932. The van der Waals surface area contributed by atoms with Gasteiger partial charge >= 0.3 is 0 Å². The standard InChI is InChI=1S/C15H18ClFN2O2/c1-4-12-13(20)18-15(2,3)14(21)19(12)8-9-5-6-10(16)7-11(9)17/h5-7,12H,4,8H2,1-3H3,(H,18,20). The van der Waals surface area contributed by atoms with E-state index in [1.807, 2.05) is 6.92 Å². The Morgan fingerprint density at radius 3 is 2.62 bits per heavy atom. The van der Waals surface area contributed by atoms with Gasteiger partial charge in [0, 0.05) is 17.1 Å². The van der Waals surface area contributed by atoms with Crippen molar-refractivity contribution < 1.29 is 14.0 Å². The molecule has 2 rings (SSSR count). The van der Waals surface area contributed by atoms with Crippen molar-refractivity contribution in [1.82, 2.24) is 10.2 Å². The van der Waals surface area contributed by atoms with Gasteiger partial charge in [-0.15, -0.1) is 0 Å². The van der Waals surface area contributed by atoms with E-state index < -0.39 is 17.4 Å². The van der Waals surface area contributed by atoms with Crippen LogP contribution in [0.5, 0.6) is 0 Å². The SMILES string of the molecule is CCC1C(=O)NC(C)(C)C(=O)N1Cc1ccc(Cl)cc1F. The van der Waals surface area contributed by atoms with Crippen molar-refractivity contribution in [2.45, 2.75) is 45.3 Å². The molecule has 1 aliphatic rings. The number of rotatable bonds is 3. The molecule has 1 saturated heterocycles. The van der Waals surface area contributed by atoms with Crippen LogP contribution in [0.2, 0.25) is 5.02 Å². The molecule has 1 N–H and O–H groups in total. The Labute approximate surface area is 128 Å². The highest BCUT2D eigenvalue weighted by molar-refractivity contribution is 6.30. The highest BCUT2D eigenvalue weighted by Crippen LogP contribution is 2.24. The highest BCUT2D eigenvalue weighted by atomic mass is 35.5. The van der Waals surface area contributed by atoms with Crippen LogP contribution in [-0.4, -0.2) is 28.3 Å². The average molecular weight is 313 g/mol. The molecule has 1 unspecified atom stereocenters. The minimum absolute atomic E-state index is 0.0528. The molecule has 1 heterocycles. The number of carbonyl (C=O) groups excluding carboxylic acids is 2. The van der Waals surface area contributed by atoms with E-state index in [2.05, 4.69) is 5.32 Å². The molecular formula is C15H18ClFN2O2. The van der Waals surface area contributed by atoms with Gasteiger partial charge in [-0.05, 0) is 32.4 Å². The lowest BCUT2D eigenvalue weighted by Crippen LogP contribution is -2.67. The Morgan fingerprint density at radius 2 is 2.05 bits per heavy atom. The van der Waals surface area contributed by atoms with Gasteiger partial charge in [-0.3, -0.25) is 9.59 Å². The van der Waals surface area contributed by atoms with Crippen molar-refractivity contribution in [2.75, 3.05) is 0 Å². The normalized spacial score (nSPS) is 21.4. The molecule has 6 heteroatoms. The molecular weight excluding hydrogens is 295 g/mol. The molecule has 21 heavy (non-hydrogen) atoms. The summed E-state index contributed by atoms with van der Waals surface area (Å²) in [5, 5.41) is 3.00. The van der Waals surface area contributed by atoms with Gasteiger partial charge in [-0.2, -0.15) is 0 Å². The number of carbonyl (C=O) groups is 2. The van der Waals surface area contributed by atoms with Gasteiger partial charge in [0.2, 0.25) is 11.8 Å². The van der Waals surface area contributed by atoms with E-state index in [0.29, 0.717) is 17.0 Å². The molecule has 0 aliphatic carbocycles. The fraction of sp³-hybridized carbons (Fsp3) is 0.467. The molecule has 0 bridgehead atoms. The molecule has 0 radical (unpaired) electrons. The molecule has 114 valence electrons. The van der Waals surface area contributed by atoms with Crippen LogP contribution in [0.1, 0.15) is 32.8 Å².